The minimum Gasteiger partial charge on any atom is -0.362 e. The Kier molecular flexibility index (Phi) is 6.02. The third-order valence-corrected chi connectivity index (χ3v) is 3.54. The Morgan fingerprint density at radius 3 is 2.80 bits per heavy atom. The standard InChI is InChI=1S/C16H24N2O2/c1-13-8-10-14(11-9-13)5-4-6-15(19)17-18-16-7-2-3-12-20-16/h8-11,16,18H,2-7,12H2,1H3,(H,17,19). The second kappa shape index (κ2) is 8.02. The van der Waals surface area contributed by atoms with Gasteiger partial charge in [0.2, 0.25) is 5.91 Å². The van der Waals surface area contributed by atoms with Gasteiger partial charge in [-0.3, -0.25) is 10.2 Å². The molecule has 2 rings (SSSR count). The summed E-state index contributed by atoms with van der Waals surface area (Å²) >= 11 is 0. The zero-order chi connectivity index (χ0) is 14.2. The van der Waals surface area contributed by atoms with Crippen LogP contribution in [0.3, 0.4) is 0 Å². The summed E-state index contributed by atoms with van der Waals surface area (Å²) in [4.78, 5) is 11.7. The summed E-state index contributed by atoms with van der Waals surface area (Å²) < 4.78 is 5.49. The summed E-state index contributed by atoms with van der Waals surface area (Å²) in [6.07, 6.45) is 5.54. The molecule has 1 amide bonds. The highest BCUT2D eigenvalue weighted by Crippen LogP contribution is 2.09. The van der Waals surface area contributed by atoms with Crippen molar-refractivity contribution in [3.05, 3.63) is 35.4 Å². The van der Waals surface area contributed by atoms with Crippen LogP contribution in [0, 0.1) is 6.92 Å². The fraction of sp³-hybridized carbons (Fsp3) is 0.562. The first-order valence-corrected chi connectivity index (χ1v) is 7.45. The Balaban J connectivity index is 1.58. The summed E-state index contributed by atoms with van der Waals surface area (Å²) in [6, 6.07) is 8.47. The Morgan fingerprint density at radius 2 is 2.10 bits per heavy atom. The van der Waals surface area contributed by atoms with Gasteiger partial charge in [-0.1, -0.05) is 29.8 Å². The Hall–Kier alpha value is -1.39. The van der Waals surface area contributed by atoms with Crippen LogP contribution < -0.4 is 10.9 Å². The molecule has 1 aromatic carbocycles. The molecule has 1 aromatic rings. The molecule has 0 saturated carbocycles. The van der Waals surface area contributed by atoms with Gasteiger partial charge in [0.05, 0.1) is 0 Å². The van der Waals surface area contributed by atoms with Crippen LogP contribution >= 0.6 is 0 Å². The van der Waals surface area contributed by atoms with Crippen LogP contribution in [-0.4, -0.2) is 18.7 Å². The molecule has 1 fully saturated rings. The number of hydrogen-bond acceptors (Lipinski definition) is 3. The van der Waals surface area contributed by atoms with Crippen molar-refractivity contribution < 1.29 is 9.53 Å². The lowest BCUT2D eigenvalue weighted by Gasteiger charge is -2.23. The predicted molar refractivity (Wildman–Crippen MR) is 79.0 cm³/mol. The number of carbonyl (C=O) groups excluding carboxylic acids is 1. The predicted octanol–water partition coefficient (Wildman–Crippen LogP) is 2.47. The minimum atomic E-state index is -0.0233. The van der Waals surface area contributed by atoms with E-state index in [-0.39, 0.29) is 12.1 Å². The summed E-state index contributed by atoms with van der Waals surface area (Å²) in [6.45, 7) is 2.86. The number of nitrogens with one attached hydrogen (secondary N) is 2. The van der Waals surface area contributed by atoms with Crippen LogP contribution in [0.2, 0.25) is 0 Å². The average molecular weight is 276 g/mol. The molecule has 1 heterocycles. The lowest BCUT2D eigenvalue weighted by molar-refractivity contribution is -0.124. The summed E-state index contributed by atoms with van der Waals surface area (Å²) in [5, 5.41) is 0. The van der Waals surface area contributed by atoms with E-state index >= 15 is 0 Å². The molecule has 1 aliphatic heterocycles. The highest BCUT2D eigenvalue weighted by atomic mass is 16.5. The fourth-order valence-corrected chi connectivity index (χ4v) is 2.29. The van der Waals surface area contributed by atoms with Crippen LogP contribution in [0.5, 0.6) is 0 Å². The highest BCUT2D eigenvalue weighted by Gasteiger charge is 2.13. The van der Waals surface area contributed by atoms with Crippen LogP contribution in [-0.2, 0) is 16.0 Å². The number of ether oxygens (including phenoxy) is 1. The van der Waals surface area contributed by atoms with Crippen LogP contribution in [0.1, 0.15) is 43.2 Å². The first-order valence-electron chi connectivity index (χ1n) is 7.45. The monoisotopic (exact) mass is 276 g/mol. The van der Waals surface area contributed by atoms with Crippen molar-refractivity contribution in [2.75, 3.05) is 6.61 Å². The molecule has 0 aliphatic carbocycles. The Labute approximate surface area is 120 Å². The zero-order valence-corrected chi connectivity index (χ0v) is 12.2. The SMILES string of the molecule is Cc1ccc(CCCC(=O)NNC2CCCCO2)cc1. The lowest BCUT2D eigenvalue weighted by atomic mass is 10.1. The maximum absolute atomic E-state index is 11.7. The van der Waals surface area contributed by atoms with Gasteiger partial charge in [0.1, 0.15) is 6.23 Å². The van der Waals surface area contributed by atoms with Gasteiger partial charge >= 0.3 is 0 Å². The van der Waals surface area contributed by atoms with E-state index in [4.69, 9.17) is 4.74 Å². The van der Waals surface area contributed by atoms with Crippen molar-refractivity contribution in [1.29, 1.82) is 0 Å². The van der Waals surface area contributed by atoms with Gasteiger partial charge in [0, 0.05) is 13.0 Å². The molecule has 4 nitrogen and oxygen atoms in total. The number of carbonyl (C=O) groups is 1. The molecular weight excluding hydrogens is 252 g/mol. The highest BCUT2D eigenvalue weighted by molar-refractivity contribution is 5.75. The molecule has 110 valence electrons. The molecule has 1 atom stereocenters. The second-order valence-electron chi connectivity index (χ2n) is 5.39. The van der Waals surface area contributed by atoms with E-state index in [1.54, 1.807) is 0 Å². The molecular formula is C16H24N2O2. The van der Waals surface area contributed by atoms with Crippen LogP contribution in [0.25, 0.3) is 0 Å². The molecule has 1 unspecified atom stereocenters. The van der Waals surface area contributed by atoms with Gasteiger partial charge in [0.15, 0.2) is 0 Å². The maximum atomic E-state index is 11.7. The van der Waals surface area contributed by atoms with E-state index in [9.17, 15) is 4.79 Å². The molecule has 1 saturated heterocycles. The molecule has 0 radical (unpaired) electrons. The van der Waals surface area contributed by atoms with Gasteiger partial charge in [-0.15, -0.1) is 0 Å². The Morgan fingerprint density at radius 1 is 1.30 bits per heavy atom. The number of benzene rings is 1. The van der Waals surface area contributed by atoms with Crippen molar-refractivity contribution in [3.63, 3.8) is 0 Å². The summed E-state index contributed by atoms with van der Waals surface area (Å²) in [7, 11) is 0. The van der Waals surface area contributed by atoms with Crippen molar-refractivity contribution in [2.24, 2.45) is 0 Å². The van der Waals surface area contributed by atoms with E-state index < -0.39 is 0 Å². The number of hydrazine groups is 1. The smallest absolute Gasteiger partial charge is 0.234 e. The van der Waals surface area contributed by atoms with Crippen LogP contribution in [0.15, 0.2) is 24.3 Å². The number of aryl methyl sites for hydroxylation is 2. The molecule has 0 bridgehead atoms. The normalized spacial score (nSPS) is 18.8. The quantitative estimate of drug-likeness (QED) is 0.785. The van der Waals surface area contributed by atoms with Crippen molar-refractivity contribution in [3.8, 4) is 0 Å². The molecule has 20 heavy (non-hydrogen) atoms. The van der Waals surface area contributed by atoms with E-state index in [1.807, 2.05) is 0 Å². The zero-order valence-electron chi connectivity index (χ0n) is 12.2. The van der Waals surface area contributed by atoms with Gasteiger partial charge in [0.25, 0.3) is 0 Å². The van der Waals surface area contributed by atoms with E-state index in [0.717, 1.165) is 38.7 Å². The average Bonchev–Trinajstić information content (AvgIpc) is 2.48. The first-order chi connectivity index (χ1) is 9.74. The number of hydrogen-bond donors (Lipinski definition) is 2. The first kappa shape index (κ1) is 15.0. The minimum absolute atomic E-state index is 0.0233. The lowest BCUT2D eigenvalue weighted by Crippen LogP contribution is -2.46. The Bertz CT molecular complexity index is 411. The molecule has 0 aromatic heterocycles. The van der Waals surface area contributed by atoms with Crippen molar-refractivity contribution in [2.45, 2.75) is 51.7 Å². The van der Waals surface area contributed by atoms with Gasteiger partial charge in [-0.2, -0.15) is 0 Å². The van der Waals surface area contributed by atoms with Crippen LogP contribution in [0.4, 0.5) is 0 Å². The topological polar surface area (TPSA) is 50.4 Å². The van der Waals surface area contributed by atoms with E-state index in [2.05, 4.69) is 42.0 Å². The van der Waals surface area contributed by atoms with Gasteiger partial charge in [-0.05, 0) is 44.6 Å². The second-order valence-corrected chi connectivity index (χ2v) is 5.39. The summed E-state index contributed by atoms with van der Waals surface area (Å²) in [5.41, 5.74) is 8.24. The van der Waals surface area contributed by atoms with Crippen molar-refractivity contribution >= 4 is 5.91 Å². The molecule has 4 heteroatoms. The largest absolute Gasteiger partial charge is 0.362 e. The third kappa shape index (κ3) is 5.31. The molecule has 2 N–H and O–H groups in total. The summed E-state index contributed by atoms with van der Waals surface area (Å²) in [5.74, 6) is 0.0336. The van der Waals surface area contributed by atoms with E-state index in [1.165, 1.54) is 11.1 Å². The molecule has 1 aliphatic rings. The third-order valence-electron chi connectivity index (χ3n) is 3.54. The van der Waals surface area contributed by atoms with E-state index in [0.29, 0.717) is 6.42 Å². The number of amides is 1. The maximum Gasteiger partial charge on any atom is 0.234 e. The molecule has 0 spiro atoms. The van der Waals surface area contributed by atoms with Crippen molar-refractivity contribution in [1.82, 2.24) is 10.9 Å². The number of rotatable bonds is 6. The fourth-order valence-electron chi connectivity index (χ4n) is 2.29. The van der Waals surface area contributed by atoms with Gasteiger partial charge < -0.3 is 4.74 Å². The van der Waals surface area contributed by atoms with Gasteiger partial charge in [-0.25, -0.2) is 5.43 Å².